The predicted octanol–water partition coefficient (Wildman–Crippen LogP) is 3.64. The molecule has 68 valence electrons. The Morgan fingerprint density at radius 3 is 2.85 bits per heavy atom. The summed E-state index contributed by atoms with van der Waals surface area (Å²) < 4.78 is 2.03. The molecule has 0 radical (unpaired) electrons. The van der Waals surface area contributed by atoms with Crippen LogP contribution in [-0.4, -0.2) is 4.40 Å². The van der Waals surface area contributed by atoms with Crippen LogP contribution < -0.4 is 0 Å². The standard InChI is InChI=1S/C10H9Cl2N/c1-7-9(6-11)13-5-3-2-4-8(13)10(7)12/h2-5H,6H2,1H3. The first-order valence-corrected chi connectivity index (χ1v) is 4.97. The fourth-order valence-electron chi connectivity index (χ4n) is 1.52. The molecule has 3 heteroatoms. The van der Waals surface area contributed by atoms with Gasteiger partial charge in [-0.1, -0.05) is 17.7 Å². The topological polar surface area (TPSA) is 4.41 Å². The van der Waals surface area contributed by atoms with Crippen molar-refractivity contribution < 1.29 is 0 Å². The molecule has 0 spiro atoms. The Labute approximate surface area is 86.9 Å². The van der Waals surface area contributed by atoms with Crippen LogP contribution in [-0.2, 0) is 5.88 Å². The molecule has 0 saturated carbocycles. The molecular formula is C10H9Cl2N. The molecule has 0 aliphatic rings. The molecule has 0 aliphatic carbocycles. The molecule has 0 N–H and O–H groups in total. The van der Waals surface area contributed by atoms with Crippen molar-refractivity contribution in [3.8, 4) is 0 Å². The molecule has 0 fully saturated rings. The van der Waals surface area contributed by atoms with Crippen molar-refractivity contribution in [3.63, 3.8) is 0 Å². The molecule has 0 amide bonds. The van der Waals surface area contributed by atoms with Gasteiger partial charge in [-0.05, 0) is 24.6 Å². The third-order valence-corrected chi connectivity index (χ3v) is 2.99. The summed E-state index contributed by atoms with van der Waals surface area (Å²) >= 11 is 12.0. The number of fused-ring (bicyclic) bond motifs is 1. The van der Waals surface area contributed by atoms with E-state index >= 15 is 0 Å². The smallest absolute Gasteiger partial charge is 0.0693 e. The van der Waals surface area contributed by atoms with Gasteiger partial charge >= 0.3 is 0 Å². The largest absolute Gasteiger partial charge is 0.318 e. The van der Waals surface area contributed by atoms with Crippen molar-refractivity contribution in [3.05, 3.63) is 40.7 Å². The van der Waals surface area contributed by atoms with Crippen LogP contribution in [0.4, 0.5) is 0 Å². The van der Waals surface area contributed by atoms with E-state index < -0.39 is 0 Å². The zero-order valence-corrected chi connectivity index (χ0v) is 8.73. The van der Waals surface area contributed by atoms with Crippen LogP contribution in [0.1, 0.15) is 11.3 Å². The third-order valence-electron chi connectivity index (χ3n) is 2.26. The van der Waals surface area contributed by atoms with Crippen LogP contribution in [0, 0.1) is 6.92 Å². The Morgan fingerprint density at radius 1 is 1.38 bits per heavy atom. The van der Waals surface area contributed by atoms with E-state index in [0.717, 1.165) is 21.8 Å². The van der Waals surface area contributed by atoms with Crippen LogP contribution >= 0.6 is 23.2 Å². The molecule has 0 aliphatic heterocycles. The molecule has 2 heterocycles. The lowest BCUT2D eigenvalue weighted by molar-refractivity contribution is 1.07. The van der Waals surface area contributed by atoms with Gasteiger partial charge in [0.25, 0.3) is 0 Å². The van der Waals surface area contributed by atoms with Crippen molar-refractivity contribution >= 4 is 28.7 Å². The van der Waals surface area contributed by atoms with Gasteiger partial charge in [0.1, 0.15) is 0 Å². The predicted molar refractivity (Wildman–Crippen MR) is 56.7 cm³/mol. The van der Waals surface area contributed by atoms with Crippen LogP contribution in [0.25, 0.3) is 5.52 Å². The Hall–Kier alpha value is -0.660. The van der Waals surface area contributed by atoms with Gasteiger partial charge in [-0.15, -0.1) is 11.6 Å². The molecule has 0 bridgehead atoms. The monoisotopic (exact) mass is 213 g/mol. The highest BCUT2D eigenvalue weighted by molar-refractivity contribution is 6.35. The minimum atomic E-state index is 0.490. The quantitative estimate of drug-likeness (QED) is 0.638. The van der Waals surface area contributed by atoms with E-state index in [1.807, 2.05) is 35.7 Å². The van der Waals surface area contributed by atoms with Gasteiger partial charge in [0.2, 0.25) is 0 Å². The minimum Gasteiger partial charge on any atom is -0.318 e. The summed E-state index contributed by atoms with van der Waals surface area (Å²) in [5.74, 6) is 0.490. The maximum absolute atomic E-state index is 6.15. The van der Waals surface area contributed by atoms with Crippen LogP contribution in [0.15, 0.2) is 24.4 Å². The zero-order valence-electron chi connectivity index (χ0n) is 7.22. The molecule has 0 aromatic carbocycles. The molecule has 1 nitrogen and oxygen atoms in total. The fourth-order valence-corrected chi connectivity index (χ4v) is 2.11. The molecule has 0 atom stereocenters. The van der Waals surface area contributed by atoms with E-state index in [0.29, 0.717) is 5.88 Å². The van der Waals surface area contributed by atoms with E-state index in [2.05, 4.69) is 0 Å². The van der Waals surface area contributed by atoms with Crippen molar-refractivity contribution in [2.45, 2.75) is 12.8 Å². The molecule has 0 saturated heterocycles. The van der Waals surface area contributed by atoms with Crippen LogP contribution in [0.2, 0.25) is 5.02 Å². The number of nitrogens with zero attached hydrogens (tertiary/aromatic N) is 1. The average molecular weight is 214 g/mol. The van der Waals surface area contributed by atoms with Gasteiger partial charge in [0.15, 0.2) is 0 Å². The van der Waals surface area contributed by atoms with E-state index in [1.165, 1.54) is 0 Å². The van der Waals surface area contributed by atoms with Gasteiger partial charge in [-0.3, -0.25) is 0 Å². The number of rotatable bonds is 1. The molecule has 2 aromatic rings. The fraction of sp³-hybridized carbons (Fsp3) is 0.200. The number of halogens is 2. The van der Waals surface area contributed by atoms with Gasteiger partial charge in [-0.25, -0.2) is 0 Å². The SMILES string of the molecule is Cc1c(Cl)c2ccccn2c1CCl. The van der Waals surface area contributed by atoms with E-state index in [9.17, 15) is 0 Å². The van der Waals surface area contributed by atoms with Crippen molar-refractivity contribution in [2.24, 2.45) is 0 Å². The molecule has 13 heavy (non-hydrogen) atoms. The Morgan fingerprint density at radius 2 is 2.15 bits per heavy atom. The average Bonchev–Trinajstić information content (AvgIpc) is 2.41. The van der Waals surface area contributed by atoms with E-state index in [1.54, 1.807) is 0 Å². The first-order chi connectivity index (χ1) is 6.25. The van der Waals surface area contributed by atoms with E-state index in [-0.39, 0.29) is 0 Å². The first kappa shape index (κ1) is 8.92. The second-order valence-electron chi connectivity index (χ2n) is 2.98. The number of alkyl halides is 1. The van der Waals surface area contributed by atoms with Crippen molar-refractivity contribution in [1.29, 1.82) is 0 Å². The minimum absolute atomic E-state index is 0.490. The normalized spacial score (nSPS) is 11.0. The Kier molecular flexibility index (Phi) is 2.22. The second kappa shape index (κ2) is 3.24. The molecule has 2 rings (SSSR count). The summed E-state index contributed by atoms with van der Waals surface area (Å²) in [7, 11) is 0. The molecule has 2 aromatic heterocycles. The zero-order chi connectivity index (χ0) is 9.42. The third kappa shape index (κ3) is 1.23. The Balaban J connectivity index is 2.90. The highest BCUT2D eigenvalue weighted by atomic mass is 35.5. The molecular weight excluding hydrogens is 205 g/mol. The van der Waals surface area contributed by atoms with Gasteiger partial charge < -0.3 is 4.40 Å². The summed E-state index contributed by atoms with van der Waals surface area (Å²) in [6.45, 7) is 1.99. The second-order valence-corrected chi connectivity index (χ2v) is 3.62. The lowest BCUT2D eigenvalue weighted by Crippen LogP contribution is -1.89. The van der Waals surface area contributed by atoms with Crippen LogP contribution in [0.5, 0.6) is 0 Å². The maximum atomic E-state index is 6.15. The lowest BCUT2D eigenvalue weighted by atomic mass is 10.3. The van der Waals surface area contributed by atoms with Crippen LogP contribution in [0.3, 0.4) is 0 Å². The highest BCUT2D eigenvalue weighted by Crippen LogP contribution is 2.28. The summed E-state index contributed by atoms with van der Waals surface area (Å²) in [6, 6.07) is 5.93. The summed E-state index contributed by atoms with van der Waals surface area (Å²) in [5.41, 5.74) is 3.17. The highest BCUT2D eigenvalue weighted by Gasteiger charge is 2.10. The Bertz CT molecular complexity index is 445. The van der Waals surface area contributed by atoms with Crippen molar-refractivity contribution in [2.75, 3.05) is 0 Å². The number of hydrogen-bond donors (Lipinski definition) is 0. The summed E-state index contributed by atoms with van der Waals surface area (Å²) in [5, 5.41) is 0.802. The first-order valence-electron chi connectivity index (χ1n) is 4.05. The van der Waals surface area contributed by atoms with Gasteiger partial charge in [0, 0.05) is 11.9 Å². The van der Waals surface area contributed by atoms with E-state index in [4.69, 9.17) is 23.2 Å². The number of aromatic nitrogens is 1. The number of pyridine rings is 1. The lowest BCUT2D eigenvalue weighted by Gasteiger charge is -1.97. The maximum Gasteiger partial charge on any atom is 0.0693 e. The summed E-state index contributed by atoms with van der Waals surface area (Å²) in [6.07, 6.45) is 1.98. The molecule has 0 unspecified atom stereocenters. The number of hydrogen-bond acceptors (Lipinski definition) is 0. The van der Waals surface area contributed by atoms with Crippen molar-refractivity contribution in [1.82, 2.24) is 4.40 Å². The van der Waals surface area contributed by atoms with Gasteiger partial charge in [-0.2, -0.15) is 0 Å². The summed E-state index contributed by atoms with van der Waals surface area (Å²) in [4.78, 5) is 0. The van der Waals surface area contributed by atoms with Gasteiger partial charge in [0.05, 0.1) is 16.4 Å².